The number of rotatable bonds is 6. The maximum atomic E-state index is 11.5. The molecule has 0 heterocycles. The van der Waals surface area contributed by atoms with Gasteiger partial charge in [-0.15, -0.1) is 0 Å². The van der Waals surface area contributed by atoms with Crippen molar-refractivity contribution in [3.05, 3.63) is 12.2 Å². The third kappa shape index (κ3) is 3.37. The van der Waals surface area contributed by atoms with Crippen molar-refractivity contribution >= 4 is 5.97 Å². The summed E-state index contributed by atoms with van der Waals surface area (Å²) < 4.78 is 11.4. The van der Waals surface area contributed by atoms with Crippen LogP contribution in [-0.2, 0) is 14.3 Å². The molecule has 1 aliphatic rings. The molecule has 1 N–H and O–H groups in total. The van der Waals surface area contributed by atoms with Crippen LogP contribution in [0, 0.1) is 0 Å². The van der Waals surface area contributed by atoms with Gasteiger partial charge in [-0.2, -0.15) is 0 Å². The fourth-order valence-electron chi connectivity index (χ4n) is 1.82. The Balaban J connectivity index is 2.72. The highest BCUT2D eigenvalue weighted by Gasteiger charge is 2.61. The smallest absolute Gasteiger partial charge is 0.333 e. The first-order valence-corrected chi connectivity index (χ1v) is 6.74. The second-order valence-corrected chi connectivity index (χ2v) is 6.47. The molecule has 0 radical (unpaired) electrons. The zero-order valence-electron chi connectivity index (χ0n) is 12.9. The molecule has 0 amide bonds. The molecule has 1 fully saturated rings. The van der Waals surface area contributed by atoms with Gasteiger partial charge in [0.2, 0.25) is 0 Å². The molecule has 0 aromatic heterocycles. The minimum absolute atomic E-state index is 0.247. The molecule has 2 unspecified atom stereocenters. The summed E-state index contributed by atoms with van der Waals surface area (Å²) in [6.45, 7) is 14.3. The average Bonchev–Trinajstić information content (AvgIpc) is 2.89. The third-order valence-corrected chi connectivity index (χ3v) is 4.09. The molecule has 19 heavy (non-hydrogen) atoms. The van der Waals surface area contributed by atoms with Gasteiger partial charge in [-0.05, 0) is 41.0 Å². The molecule has 2 atom stereocenters. The Hall–Kier alpha value is -0.870. The Labute approximate surface area is 115 Å². The van der Waals surface area contributed by atoms with Crippen LogP contribution in [0.15, 0.2) is 12.2 Å². The second kappa shape index (κ2) is 4.91. The van der Waals surface area contributed by atoms with Crippen LogP contribution in [0.25, 0.3) is 0 Å². The zero-order chi connectivity index (χ0) is 15.1. The first-order valence-electron chi connectivity index (χ1n) is 6.74. The predicted octanol–water partition coefficient (Wildman–Crippen LogP) is 2.59. The van der Waals surface area contributed by atoms with E-state index in [0.29, 0.717) is 12.0 Å². The van der Waals surface area contributed by atoms with Gasteiger partial charge in [0, 0.05) is 12.0 Å². The first-order chi connectivity index (χ1) is 8.45. The van der Waals surface area contributed by atoms with Crippen LogP contribution in [0.1, 0.15) is 54.4 Å². The van der Waals surface area contributed by atoms with Crippen LogP contribution in [0.3, 0.4) is 0 Å². The van der Waals surface area contributed by atoms with Crippen molar-refractivity contribution in [2.75, 3.05) is 0 Å². The van der Waals surface area contributed by atoms with Gasteiger partial charge in [-0.25, -0.2) is 4.79 Å². The summed E-state index contributed by atoms with van der Waals surface area (Å²) in [5, 5.41) is 10.1. The molecule has 0 saturated heterocycles. The number of carbonyl (C=O) groups is 1. The summed E-state index contributed by atoms with van der Waals surface area (Å²) in [6.07, 6.45) is 1.16. The Kier molecular flexibility index (Phi) is 4.18. The lowest BCUT2D eigenvalue weighted by atomic mass is 9.89. The highest BCUT2D eigenvalue weighted by atomic mass is 16.6. The number of esters is 1. The molecular formula is C15H26O4. The van der Waals surface area contributed by atoms with Crippen LogP contribution in [0.4, 0.5) is 0 Å². The molecule has 0 bridgehead atoms. The fraction of sp³-hybridized carbons (Fsp3) is 0.800. The lowest BCUT2D eigenvalue weighted by molar-refractivity contribution is -0.195. The Morgan fingerprint density at radius 1 is 1.42 bits per heavy atom. The van der Waals surface area contributed by atoms with Gasteiger partial charge >= 0.3 is 5.97 Å². The number of hydrogen-bond acceptors (Lipinski definition) is 4. The summed E-state index contributed by atoms with van der Waals surface area (Å²) in [5.74, 6) is -0.384. The number of aliphatic hydroxyl groups is 1. The van der Waals surface area contributed by atoms with E-state index in [1.54, 1.807) is 20.8 Å². The Bertz CT molecular complexity index is 378. The van der Waals surface area contributed by atoms with E-state index in [2.05, 4.69) is 6.58 Å². The van der Waals surface area contributed by atoms with Gasteiger partial charge in [0.1, 0.15) is 11.7 Å². The van der Waals surface area contributed by atoms with E-state index >= 15 is 0 Å². The standard InChI is InChI=1S/C15H26O4/c1-8-15(19-14(6,7)13(4,5)17)9-11(15)18-12(16)10(2)3/h11,17H,2,8-9H2,1,3-7H3. The van der Waals surface area contributed by atoms with Crippen molar-refractivity contribution < 1.29 is 19.4 Å². The van der Waals surface area contributed by atoms with Gasteiger partial charge in [-0.3, -0.25) is 0 Å². The van der Waals surface area contributed by atoms with E-state index in [0.717, 1.165) is 6.42 Å². The molecule has 4 heteroatoms. The predicted molar refractivity (Wildman–Crippen MR) is 73.8 cm³/mol. The molecule has 0 aromatic carbocycles. The number of carbonyl (C=O) groups excluding carboxylic acids is 1. The van der Waals surface area contributed by atoms with Gasteiger partial charge in [0.25, 0.3) is 0 Å². The molecule has 0 aliphatic heterocycles. The van der Waals surface area contributed by atoms with Crippen molar-refractivity contribution in [2.45, 2.75) is 77.3 Å². The lowest BCUT2D eigenvalue weighted by Gasteiger charge is -2.40. The van der Waals surface area contributed by atoms with E-state index in [1.165, 1.54) is 0 Å². The zero-order valence-corrected chi connectivity index (χ0v) is 12.9. The monoisotopic (exact) mass is 270 g/mol. The molecule has 0 spiro atoms. The highest BCUT2D eigenvalue weighted by molar-refractivity contribution is 5.87. The maximum absolute atomic E-state index is 11.5. The highest BCUT2D eigenvalue weighted by Crippen LogP contribution is 2.49. The molecule has 1 saturated carbocycles. The van der Waals surface area contributed by atoms with E-state index in [1.807, 2.05) is 20.8 Å². The second-order valence-electron chi connectivity index (χ2n) is 6.47. The van der Waals surface area contributed by atoms with Crippen molar-refractivity contribution in [1.29, 1.82) is 0 Å². The van der Waals surface area contributed by atoms with Crippen LogP contribution in [0.2, 0.25) is 0 Å². The normalized spacial score (nSPS) is 27.0. The van der Waals surface area contributed by atoms with Gasteiger partial charge in [0.15, 0.2) is 0 Å². The lowest BCUT2D eigenvalue weighted by Crippen LogP contribution is -2.50. The molecule has 4 nitrogen and oxygen atoms in total. The summed E-state index contributed by atoms with van der Waals surface area (Å²) in [5.41, 5.74) is -1.78. The first kappa shape index (κ1) is 16.2. The molecule has 1 aliphatic carbocycles. The van der Waals surface area contributed by atoms with Crippen molar-refractivity contribution in [2.24, 2.45) is 0 Å². The van der Waals surface area contributed by atoms with Crippen molar-refractivity contribution in [3.63, 3.8) is 0 Å². The van der Waals surface area contributed by atoms with Gasteiger partial charge in [0.05, 0.1) is 11.2 Å². The number of hydrogen-bond donors (Lipinski definition) is 1. The van der Waals surface area contributed by atoms with Crippen LogP contribution in [-0.4, -0.2) is 34.0 Å². The molecular weight excluding hydrogens is 244 g/mol. The molecule has 1 rings (SSSR count). The van der Waals surface area contributed by atoms with E-state index in [9.17, 15) is 9.90 Å². The SMILES string of the molecule is C=C(C)C(=O)OC1CC1(CC)OC(C)(C)C(C)(C)O. The van der Waals surface area contributed by atoms with Crippen molar-refractivity contribution in [3.8, 4) is 0 Å². The molecule has 110 valence electrons. The average molecular weight is 270 g/mol. The Morgan fingerprint density at radius 2 is 1.95 bits per heavy atom. The van der Waals surface area contributed by atoms with Crippen molar-refractivity contribution in [1.82, 2.24) is 0 Å². The third-order valence-electron chi connectivity index (χ3n) is 4.09. The maximum Gasteiger partial charge on any atom is 0.333 e. The topological polar surface area (TPSA) is 55.8 Å². The van der Waals surface area contributed by atoms with Crippen LogP contribution in [0.5, 0.6) is 0 Å². The van der Waals surface area contributed by atoms with Gasteiger partial charge < -0.3 is 14.6 Å². The minimum atomic E-state index is -0.972. The summed E-state index contributed by atoms with van der Waals surface area (Å²) in [7, 11) is 0. The Morgan fingerprint density at radius 3 is 2.32 bits per heavy atom. The molecule has 0 aromatic rings. The van der Waals surface area contributed by atoms with E-state index < -0.39 is 16.8 Å². The number of ether oxygens (including phenoxy) is 2. The van der Waals surface area contributed by atoms with E-state index in [4.69, 9.17) is 9.47 Å². The van der Waals surface area contributed by atoms with Crippen LogP contribution < -0.4 is 0 Å². The largest absolute Gasteiger partial charge is 0.456 e. The van der Waals surface area contributed by atoms with Gasteiger partial charge in [-0.1, -0.05) is 13.5 Å². The quantitative estimate of drug-likeness (QED) is 0.595. The fourth-order valence-corrected chi connectivity index (χ4v) is 1.82. The summed E-state index contributed by atoms with van der Waals surface area (Å²) >= 11 is 0. The summed E-state index contributed by atoms with van der Waals surface area (Å²) in [6, 6.07) is 0. The minimum Gasteiger partial charge on any atom is -0.456 e. The van der Waals surface area contributed by atoms with Crippen LogP contribution >= 0.6 is 0 Å². The van der Waals surface area contributed by atoms with E-state index in [-0.39, 0.29) is 12.1 Å². The summed E-state index contributed by atoms with van der Waals surface area (Å²) in [4.78, 5) is 11.5.